The van der Waals surface area contributed by atoms with E-state index in [-0.39, 0.29) is 28.6 Å². The van der Waals surface area contributed by atoms with E-state index in [9.17, 15) is 14.4 Å². The summed E-state index contributed by atoms with van der Waals surface area (Å²) in [7, 11) is 1.42. The Labute approximate surface area is 215 Å². The van der Waals surface area contributed by atoms with Gasteiger partial charge in [0.2, 0.25) is 0 Å². The summed E-state index contributed by atoms with van der Waals surface area (Å²) in [6, 6.07) is 15.4. The first-order chi connectivity index (χ1) is 16.8. The molecule has 35 heavy (non-hydrogen) atoms. The molecule has 0 unspecified atom stereocenters. The van der Waals surface area contributed by atoms with Gasteiger partial charge in [0.25, 0.3) is 11.8 Å². The van der Waals surface area contributed by atoms with Crippen LogP contribution in [0, 0.1) is 0 Å². The summed E-state index contributed by atoms with van der Waals surface area (Å²) >= 11 is 17.5. The second-order valence-corrected chi connectivity index (χ2v) is 8.16. The minimum atomic E-state index is -0.573. The van der Waals surface area contributed by atoms with Gasteiger partial charge in [-0.25, -0.2) is 10.2 Å². The fourth-order valence-corrected chi connectivity index (χ4v) is 3.14. The smallest absolute Gasteiger partial charge is 0.343 e. The van der Waals surface area contributed by atoms with Crippen molar-refractivity contribution in [2.24, 2.45) is 5.10 Å². The van der Waals surface area contributed by atoms with Gasteiger partial charge in [-0.15, -0.1) is 0 Å². The van der Waals surface area contributed by atoms with Crippen molar-refractivity contribution in [3.63, 3.8) is 0 Å². The summed E-state index contributed by atoms with van der Waals surface area (Å²) in [5, 5.41) is 7.36. The zero-order valence-corrected chi connectivity index (χ0v) is 20.4. The number of benzene rings is 3. The molecule has 0 saturated carbocycles. The zero-order valence-electron chi connectivity index (χ0n) is 18.2. The van der Waals surface area contributed by atoms with Crippen LogP contribution in [-0.2, 0) is 4.79 Å². The number of rotatable bonds is 8. The van der Waals surface area contributed by atoms with Crippen molar-refractivity contribution in [2.75, 3.05) is 13.7 Å². The molecule has 0 aliphatic carbocycles. The van der Waals surface area contributed by atoms with E-state index in [2.05, 4.69) is 15.8 Å². The van der Waals surface area contributed by atoms with Gasteiger partial charge in [-0.3, -0.25) is 9.59 Å². The van der Waals surface area contributed by atoms with Gasteiger partial charge in [-0.05, 0) is 66.2 Å². The molecule has 0 atom stereocenters. The number of hydrazone groups is 1. The maximum atomic E-state index is 12.3. The van der Waals surface area contributed by atoms with Gasteiger partial charge in [0.05, 0.1) is 35.5 Å². The predicted octanol–water partition coefficient (Wildman–Crippen LogP) is 4.75. The van der Waals surface area contributed by atoms with Gasteiger partial charge in [-0.2, -0.15) is 5.10 Å². The van der Waals surface area contributed by atoms with Crippen LogP contribution < -0.4 is 20.2 Å². The lowest BCUT2D eigenvalue weighted by Gasteiger charge is -2.10. The molecular weight excluding hydrogens is 517 g/mol. The van der Waals surface area contributed by atoms with Crippen LogP contribution in [0.2, 0.25) is 15.1 Å². The maximum Gasteiger partial charge on any atom is 0.343 e. The van der Waals surface area contributed by atoms with Crippen LogP contribution >= 0.6 is 34.8 Å². The van der Waals surface area contributed by atoms with Gasteiger partial charge in [-0.1, -0.05) is 34.8 Å². The SMILES string of the molecule is COc1cc(/C=N\NC(=O)CNC(=O)c2ccc(Cl)c(Cl)c2)ccc1OC(=O)c1ccc(Cl)cc1. The predicted molar refractivity (Wildman–Crippen MR) is 134 cm³/mol. The molecule has 0 heterocycles. The number of methoxy groups -OCH3 is 1. The molecule has 180 valence electrons. The highest BCUT2D eigenvalue weighted by Crippen LogP contribution is 2.28. The van der Waals surface area contributed by atoms with Crippen LogP contribution in [0.5, 0.6) is 11.5 Å². The maximum absolute atomic E-state index is 12.3. The van der Waals surface area contributed by atoms with E-state index in [4.69, 9.17) is 44.3 Å². The molecule has 0 saturated heterocycles. The lowest BCUT2D eigenvalue weighted by molar-refractivity contribution is -0.120. The summed E-state index contributed by atoms with van der Waals surface area (Å²) < 4.78 is 10.7. The van der Waals surface area contributed by atoms with E-state index in [0.29, 0.717) is 21.2 Å². The monoisotopic (exact) mass is 533 g/mol. The van der Waals surface area contributed by atoms with E-state index in [1.165, 1.54) is 37.6 Å². The number of amides is 2. The highest BCUT2D eigenvalue weighted by molar-refractivity contribution is 6.42. The molecule has 3 aromatic rings. The third-order valence-electron chi connectivity index (χ3n) is 4.46. The van der Waals surface area contributed by atoms with Crippen LogP contribution in [0.25, 0.3) is 0 Å². The standard InChI is InChI=1S/C24H18Cl3N3O5/c1-34-21-10-14(2-9-20(21)35-24(33)15-3-6-17(25)7-4-15)12-29-30-22(31)13-28-23(32)16-5-8-18(26)19(27)11-16/h2-12H,13H2,1H3,(H,28,32)(H,30,31)/b29-12-. The Morgan fingerprint density at radius 3 is 2.29 bits per heavy atom. The quantitative estimate of drug-likeness (QED) is 0.188. The van der Waals surface area contributed by atoms with Crippen molar-refractivity contribution in [2.45, 2.75) is 0 Å². The van der Waals surface area contributed by atoms with Gasteiger partial charge in [0, 0.05) is 10.6 Å². The second kappa shape index (κ2) is 12.2. The summed E-state index contributed by atoms with van der Waals surface area (Å²) in [6.07, 6.45) is 1.37. The average Bonchev–Trinajstić information content (AvgIpc) is 2.85. The Morgan fingerprint density at radius 1 is 0.886 bits per heavy atom. The molecule has 8 nitrogen and oxygen atoms in total. The highest BCUT2D eigenvalue weighted by Gasteiger charge is 2.13. The molecule has 0 fully saturated rings. The van der Waals surface area contributed by atoms with E-state index >= 15 is 0 Å². The third-order valence-corrected chi connectivity index (χ3v) is 5.46. The number of ether oxygens (including phenoxy) is 2. The number of hydrogen-bond donors (Lipinski definition) is 2. The number of nitrogens with zero attached hydrogens (tertiary/aromatic N) is 1. The number of carbonyl (C=O) groups excluding carboxylic acids is 3. The minimum absolute atomic E-state index is 0.207. The number of esters is 1. The Morgan fingerprint density at radius 2 is 1.60 bits per heavy atom. The fourth-order valence-electron chi connectivity index (χ4n) is 2.71. The van der Waals surface area contributed by atoms with Gasteiger partial charge in [0.15, 0.2) is 11.5 Å². The first-order valence-corrected chi connectivity index (χ1v) is 11.1. The molecule has 2 amide bonds. The van der Waals surface area contributed by atoms with Gasteiger partial charge >= 0.3 is 5.97 Å². The van der Waals surface area contributed by atoms with Crippen molar-refractivity contribution < 1.29 is 23.9 Å². The van der Waals surface area contributed by atoms with Crippen LogP contribution in [0.4, 0.5) is 0 Å². The summed E-state index contributed by atoms with van der Waals surface area (Å²) in [5.74, 6) is -1.11. The van der Waals surface area contributed by atoms with Gasteiger partial charge < -0.3 is 14.8 Å². The molecule has 0 radical (unpaired) electrons. The molecule has 0 aliphatic rings. The number of halogens is 3. The Balaban J connectivity index is 1.54. The fraction of sp³-hybridized carbons (Fsp3) is 0.0833. The molecule has 11 heteroatoms. The summed E-state index contributed by atoms with van der Waals surface area (Å²) in [4.78, 5) is 36.4. The average molecular weight is 535 g/mol. The lowest BCUT2D eigenvalue weighted by Crippen LogP contribution is -2.34. The van der Waals surface area contributed by atoms with E-state index in [1.807, 2.05) is 0 Å². The molecule has 0 bridgehead atoms. The van der Waals surface area contributed by atoms with Crippen LogP contribution in [-0.4, -0.2) is 37.7 Å². The Kier molecular flexibility index (Phi) is 9.08. The molecule has 0 aliphatic heterocycles. The highest BCUT2D eigenvalue weighted by atomic mass is 35.5. The Bertz CT molecular complexity index is 1280. The molecule has 3 aromatic carbocycles. The second-order valence-electron chi connectivity index (χ2n) is 6.91. The normalized spacial score (nSPS) is 10.6. The first kappa shape index (κ1) is 26.0. The lowest BCUT2D eigenvalue weighted by atomic mass is 10.2. The van der Waals surface area contributed by atoms with Crippen LogP contribution in [0.3, 0.4) is 0 Å². The molecule has 2 N–H and O–H groups in total. The van der Waals surface area contributed by atoms with Gasteiger partial charge in [0.1, 0.15) is 0 Å². The van der Waals surface area contributed by atoms with Crippen LogP contribution in [0.15, 0.2) is 65.8 Å². The zero-order chi connectivity index (χ0) is 25.4. The molecule has 3 rings (SSSR count). The number of carbonyl (C=O) groups is 3. The van der Waals surface area contributed by atoms with Crippen molar-refractivity contribution in [1.82, 2.24) is 10.7 Å². The van der Waals surface area contributed by atoms with E-state index < -0.39 is 17.8 Å². The molecule has 0 spiro atoms. The van der Waals surface area contributed by atoms with E-state index in [1.54, 1.807) is 36.4 Å². The summed E-state index contributed by atoms with van der Waals surface area (Å²) in [6.45, 7) is -0.306. The molecule has 0 aromatic heterocycles. The van der Waals surface area contributed by atoms with Crippen LogP contribution in [0.1, 0.15) is 26.3 Å². The third kappa shape index (κ3) is 7.45. The van der Waals surface area contributed by atoms with Crippen molar-refractivity contribution >= 4 is 58.8 Å². The van der Waals surface area contributed by atoms with Crippen molar-refractivity contribution in [1.29, 1.82) is 0 Å². The summed E-state index contributed by atoms with van der Waals surface area (Å²) in [5.41, 5.74) is 3.46. The first-order valence-electron chi connectivity index (χ1n) is 9.97. The minimum Gasteiger partial charge on any atom is -0.493 e. The molecular formula is C24H18Cl3N3O5. The van der Waals surface area contributed by atoms with Crippen molar-refractivity contribution in [3.8, 4) is 11.5 Å². The Hall–Kier alpha value is -3.59. The number of hydrogen-bond acceptors (Lipinski definition) is 6. The number of nitrogens with one attached hydrogen (secondary N) is 2. The van der Waals surface area contributed by atoms with Crippen molar-refractivity contribution in [3.05, 3.63) is 92.4 Å². The largest absolute Gasteiger partial charge is 0.493 e. The topological polar surface area (TPSA) is 106 Å². The van der Waals surface area contributed by atoms with E-state index in [0.717, 1.165) is 0 Å².